The van der Waals surface area contributed by atoms with E-state index in [1.165, 1.54) is 29.6 Å². The molecule has 0 spiro atoms. The van der Waals surface area contributed by atoms with Crippen molar-refractivity contribution in [3.8, 4) is 0 Å². The first-order valence-electron chi connectivity index (χ1n) is 7.05. The zero-order valence-corrected chi connectivity index (χ0v) is 14.6. The van der Waals surface area contributed by atoms with Gasteiger partial charge in [-0.3, -0.25) is 18.7 Å². The molecule has 3 rings (SSSR count). The molecule has 0 aliphatic rings. The molecule has 0 atom stereocenters. The first-order chi connectivity index (χ1) is 11.4. The number of hydrogen-bond acceptors (Lipinski definition) is 4. The Morgan fingerprint density at radius 3 is 2.62 bits per heavy atom. The largest absolute Gasteiger partial charge is 0.332 e. The van der Waals surface area contributed by atoms with Crippen molar-refractivity contribution in [3.63, 3.8) is 0 Å². The predicted molar refractivity (Wildman–Crippen MR) is 93.0 cm³/mol. The van der Waals surface area contributed by atoms with Crippen LogP contribution >= 0.6 is 15.9 Å². The molecule has 0 fully saturated rings. The van der Waals surface area contributed by atoms with E-state index >= 15 is 0 Å². The number of fused-ring (bicyclic) bond motifs is 1. The Morgan fingerprint density at radius 2 is 1.92 bits per heavy atom. The number of halogens is 1. The second kappa shape index (κ2) is 6.08. The molecule has 24 heavy (non-hydrogen) atoms. The third kappa shape index (κ3) is 2.67. The van der Waals surface area contributed by atoms with E-state index in [0.29, 0.717) is 5.69 Å². The quantitative estimate of drug-likeness (QED) is 0.715. The van der Waals surface area contributed by atoms with Gasteiger partial charge in [-0.05, 0) is 28.1 Å². The summed E-state index contributed by atoms with van der Waals surface area (Å²) in [7, 11) is 2.92. The van der Waals surface area contributed by atoms with Crippen LogP contribution in [-0.4, -0.2) is 24.6 Å². The first-order valence-corrected chi connectivity index (χ1v) is 7.84. The van der Waals surface area contributed by atoms with E-state index in [-0.39, 0.29) is 23.6 Å². The lowest BCUT2D eigenvalue weighted by molar-refractivity contribution is -0.116. The lowest BCUT2D eigenvalue weighted by atomic mass is 10.3. The third-order valence-electron chi connectivity index (χ3n) is 3.68. The molecule has 0 unspecified atom stereocenters. The Labute approximate surface area is 144 Å². The average Bonchev–Trinajstić information content (AvgIpc) is 2.96. The standard InChI is InChI=1S/C15H14BrN5O3/c1-19-13-12(14(23)20(2)15(19)24)21(8-17-13)7-11(22)18-10-6-4-3-5-9(10)16/h3-6,8H,7H2,1-2H3,(H,18,22). The number of hydrogen-bond donors (Lipinski definition) is 1. The Hall–Kier alpha value is -2.68. The number of anilines is 1. The average molecular weight is 392 g/mol. The highest BCUT2D eigenvalue weighted by Gasteiger charge is 2.16. The summed E-state index contributed by atoms with van der Waals surface area (Å²) in [4.78, 5) is 40.6. The fourth-order valence-corrected chi connectivity index (χ4v) is 2.81. The molecule has 2 heterocycles. The molecule has 0 radical (unpaired) electrons. The summed E-state index contributed by atoms with van der Waals surface area (Å²) >= 11 is 3.36. The Morgan fingerprint density at radius 1 is 1.21 bits per heavy atom. The minimum absolute atomic E-state index is 0.0920. The van der Waals surface area contributed by atoms with Crippen LogP contribution in [0.25, 0.3) is 11.2 Å². The molecule has 1 aromatic carbocycles. The van der Waals surface area contributed by atoms with Crippen molar-refractivity contribution in [1.29, 1.82) is 0 Å². The molecule has 3 aromatic rings. The smallest absolute Gasteiger partial charge is 0.324 e. The fourth-order valence-electron chi connectivity index (χ4n) is 2.42. The van der Waals surface area contributed by atoms with Crippen molar-refractivity contribution in [2.45, 2.75) is 6.54 Å². The lowest BCUT2D eigenvalue weighted by Gasteiger charge is -2.09. The van der Waals surface area contributed by atoms with Crippen LogP contribution in [0.4, 0.5) is 5.69 Å². The fraction of sp³-hybridized carbons (Fsp3) is 0.200. The van der Waals surface area contributed by atoms with Gasteiger partial charge in [0.25, 0.3) is 5.56 Å². The minimum Gasteiger partial charge on any atom is -0.324 e. The van der Waals surface area contributed by atoms with Crippen molar-refractivity contribution in [3.05, 3.63) is 55.9 Å². The van der Waals surface area contributed by atoms with E-state index in [9.17, 15) is 14.4 Å². The van der Waals surface area contributed by atoms with Crippen molar-refractivity contribution in [2.75, 3.05) is 5.32 Å². The highest BCUT2D eigenvalue weighted by atomic mass is 79.9. The minimum atomic E-state index is -0.487. The van der Waals surface area contributed by atoms with Gasteiger partial charge in [0.05, 0.1) is 12.0 Å². The summed E-state index contributed by atoms with van der Waals surface area (Å²) < 4.78 is 4.46. The number of rotatable bonds is 3. The number of benzene rings is 1. The Kier molecular flexibility index (Phi) is 4.10. The second-order valence-corrected chi connectivity index (χ2v) is 6.13. The molecule has 0 bridgehead atoms. The molecule has 124 valence electrons. The number of carbonyl (C=O) groups excluding carboxylic acids is 1. The lowest BCUT2D eigenvalue weighted by Crippen LogP contribution is -2.37. The van der Waals surface area contributed by atoms with Gasteiger partial charge < -0.3 is 9.88 Å². The third-order valence-corrected chi connectivity index (χ3v) is 4.37. The van der Waals surface area contributed by atoms with Gasteiger partial charge in [0.2, 0.25) is 5.91 Å². The summed E-state index contributed by atoms with van der Waals surface area (Å²) in [5, 5.41) is 2.76. The van der Waals surface area contributed by atoms with E-state index in [1.807, 2.05) is 12.1 Å². The summed E-state index contributed by atoms with van der Waals surface area (Å²) in [6.07, 6.45) is 1.38. The van der Waals surface area contributed by atoms with Crippen LogP contribution in [0.3, 0.4) is 0 Å². The predicted octanol–water partition coefficient (Wildman–Crippen LogP) is 0.835. The molecule has 8 nitrogen and oxygen atoms in total. The molecule has 1 N–H and O–H groups in total. The van der Waals surface area contributed by atoms with E-state index in [4.69, 9.17) is 0 Å². The number of carbonyl (C=O) groups is 1. The van der Waals surface area contributed by atoms with E-state index < -0.39 is 11.2 Å². The summed E-state index contributed by atoms with van der Waals surface area (Å²) in [6.45, 7) is -0.0920. The van der Waals surface area contributed by atoms with Crippen molar-refractivity contribution >= 4 is 38.7 Å². The van der Waals surface area contributed by atoms with Crippen molar-refractivity contribution in [1.82, 2.24) is 18.7 Å². The van der Waals surface area contributed by atoms with Gasteiger partial charge in [-0.2, -0.15) is 0 Å². The maximum Gasteiger partial charge on any atom is 0.332 e. The van der Waals surface area contributed by atoms with Crippen LogP contribution in [0, 0.1) is 0 Å². The number of aromatic nitrogens is 4. The molecule has 0 saturated heterocycles. The van der Waals surface area contributed by atoms with Crippen LogP contribution in [-0.2, 0) is 25.4 Å². The van der Waals surface area contributed by atoms with Crippen LogP contribution in [0.5, 0.6) is 0 Å². The molecule has 0 aliphatic heterocycles. The van der Waals surface area contributed by atoms with Gasteiger partial charge in [-0.25, -0.2) is 9.78 Å². The number of imidazole rings is 1. The summed E-state index contributed by atoms with van der Waals surface area (Å²) in [6, 6.07) is 7.22. The monoisotopic (exact) mass is 391 g/mol. The maximum absolute atomic E-state index is 12.3. The van der Waals surface area contributed by atoms with Crippen LogP contribution in [0.2, 0.25) is 0 Å². The Bertz CT molecular complexity index is 1060. The van der Waals surface area contributed by atoms with E-state index in [0.717, 1.165) is 9.04 Å². The zero-order valence-electron chi connectivity index (χ0n) is 13.0. The highest BCUT2D eigenvalue weighted by Crippen LogP contribution is 2.21. The van der Waals surface area contributed by atoms with Gasteiger partial charge in [0.1, 0.15) is 6.54 Å². The molecule has 0 saturated carbocycles. The molecule has 9 heteroatoms. The molecule has 1 amide bonds. The van der Waals surface area contributed by atoms with Gasteiger partial charge >= 0.3 is 5.69 Å². The first kappa shape index (κ1) is 16.2. The van der Waals surface area contributed by atoms with Crippen molar-refractivity contribution < 1.29 is 4.79 Å². The Balaban J connectivity index is 1.97. The summed E-state index contributed by atoms with van der Waals surface area (Å²) in [5.74, 6) is -0.308. The summed E-state index contributed by atoms with van der Waals surface area (Å²) in [5.41, 5.74) is 0.139. The van der Waals surface area contributed by atoms with Crippen LogP contribution < -0.4 is 16.6 Å². The molecular weight excluding hydrogens is 378 g/mol. The molecule has 0 aliphatic carbocycles. The molecule has 2 aromatic heterocycles. The number of nitrogens with one attached hydrogen (secondary N) is 1. The van der Waals surface area contributed by atoms with Crippen molar-refractivity contribution in [2.24, 2.45) is 14.1 Å². The zero-order chi connectivity index (χ0) is 17.4. The number of aryl methyl sites for hydroxylation is 1. The number of nitrogens with zero attached hydrogens (tertiary/aromatic N) is 4. The van der Waals surface area contributed by atoms with E-state index in [1.54, 1.807) is 12.1 Å². The normalized spacial score (nSPS) is 11.0. The van der Waals surface area contributed by atoms with Gasteiger partial charge in [-0.15, -0.1) is 0 Å². The topological polar surface area (TPSA) is 90.9 Å². The maximum atomic E-state index is 12.3. The van der Waals surface area contributed by atoms with Crippen LogP contribution in [0.15, 0.2) is 44.7 Å². The number of para-hydroxylation sites is 1. The highest BCUT2D eigenvalue weighted by molar-refractivity contribution is 9.10. The van der Waals surface area contributed by atoms with E-state index in [2.05, 4.69) is 26.2 Å². The molecular formula is C15H14BrN5O3. The van der Waals surface area contributed by atoms with Crippen LogP contribution in [0.1, 0.15) is 0 Å². The SMILES string of the molecule is Cn1c(=O)c2c(ncn2CC(=O)Nc2ccccc2Br)n(C)c1=O. The van der Waals surface area contributed by atoms with Gasteiger partial charge in [-0.1, -0.05) is 12.1 Å². The number of amides is 1. The van der Waals surface area contributed by atoms with Gasteiger partial charge in [0.15, 0.2) is 11.2 Å². The second-order valence-electron chi connectivity index (χ2n) is 5.28. The van der Waals surface area contributed by atoms with Gasteiger partial charge in [0, 0.05) is 18.6 Å².